The number of amides is 2. The van der Waals surface area contributed by atoms with Crippen LogP contribution in [0.4, 0.5) is 0 Å². The lowest BCUT2D eigenvalue weighted by atomic mass is 9.89. The summed E-state index contributed by atoms with van der Waals surface area (Å²) in [4.78, 5) is 35.4. The number of carbonyl (C=O) groups is 3. The van der Waals surface area contributed by atoms with Crippen LogP contribution < -0.4 is 16.8 Å². The molecule has 0 saturated heterocycles. The van der Waals surface area contributed by atoms with E-state index in [2.05, 4.69) is 5.32 Å². The number of Topliss-reactive ketones (excluding diaryl/α,β-unsaturated/α-hetero) is 1. The molecule has 0 spiro atoms. The second-order valence-corrected chi connectivity index (χ2v) is 5.85. The van der Waals surface area contributed by atoms with Crippen LogP contribution in [0.15, 0.2) is 0 Å². The third-order valence-corrected chi connectivity index (χ3v) is 3.26. The van der Waals surface area contributed by atoms with Crippen molar-refractivity contribution in [2.24, 2.45) is 23.3 Å². The fourth-order valence-corrected chi connectivity index (χ4v) is 2.23. The van der Waals surface area contributed by atoms with Crippen molar-refractivity contribution in [3.8, 4) is 0 Å². The van der Waals surface area contributed by atoms with Gasteiger partial charge >= 0.3 is 0 Å². The van der Waals surface area contributed by atoms with E-state index in [0.717, 1.165) is 0 Å². The topological polar surface area (TPSA) is 115 Å². The summed E-state index contributed by atoms with van der Waals surface area (Å²) in [6.07, 6.45) is 2.09. The van der Waals surface area contributed by atoms with E-state index in [1.54, 1.807) is 0 Å². The zero-order valence-corrected chi connectivity index (χ0v) is 16.4. The average molecular weight is 368 g/mol. The van der Waals surface area contributed by atoms with Gasteiger partial charge in [-0.25, -0.2) is 0 Å². The van der Waals surface area contributed by atoms with Crippen LogP contribution >= 0.6 is 27.0 Å². The molecule has 0 rings (SSSR count). The zero-order valence-electron chi connectivity index (χ0n) is 14.4. The molecule has 0 aliphatic rings. The lowest BCUT2D eigenvalue weighted by molar-refractivity contribution is -0.131. The molecule has 23 heavy (non-hydrogen) atoms. The lowest BCUT2D eigenvalue weighted by Gasteiger charge is -2.20. The molecule has 2 atom stereocenters. The van der Waals surface area contributed by atoms with Crippen molar-refractivity contribution in [1.82, 2.24) is 5.32 Å². The quantitative estimate of drug-likeness (QED) is 0.504. The van der Waals surface area contributed by atoms with Gasteiger partial charge in [-0.15, -0.1) is 0 Å². The van der Waals surface area contributed by atoms with E-state index in [9.17, 15) is 14.4 Å². The molecule has 0 aliphatic carbocycles. The largest absolute Gasteiger partial charge is 0.369 e. The summed E-state index contributed by atoms with van der Waals surface area (Å²) in [7, 11) is 0. The van der Waals surface area contributed by atoms with Crippen molar-refractivity contribution in [2.75, 3.05) is 6.54 Å². The Morgan fingerprint density at radius 2 is 1.70 bits per heavy atom. The van der Waals surface area contributed by atoms with Crippen LogP contribution in [0, 0.1) is 11.8 Å². The molecule has 0 aromatic heterocycles. The molecule has 0 unspecified atom stereocenters. The standard InChI is InChI=1S/C15H29N3O3.2H2S/c1-4-5-14(20)18-12(6-7-16)13(19)9-11(15(17)21)8-10(2)3;;/h10-12H,4-9,16H2,1-3H3,(H2,17,21)(H,18,20);2*1H2/t11-,12+;;/m1../s1. The SMILES string of the molecule is CCCC(=O)N[C@@H](CCN)C(=O)C[C@@H](CC(C)C)C(N)=O.S.S. The average Bonchev–Trinajstić information content (AvgIpc) is 2.36. The second-order valence-electron chi connectivity index (χ2n) is 5.85. The second kappa shape index (κ2) is 14.8. The van der Waals surface area contributed by atoms with Crippen molar-refractivity contribution in [2.45, 2.75) is 58.9 Å². The highest BCUT2D eigenvalue weighted by molar-refractivity contribution is 7.59. The van der Waals surface area contributed by atoms with E-state index in [1.807, 2.05) is 20.8 Å². The van der Waals surface area contributed by atoms with Gasteiger partial charge in [0.15, 0.2) is 5.78 Å². The minimum Gasteiger partial charge on any atom is -0.369 e. The third kappa shape index (κ3) is 12.4. The molecule has 2 amide bonds. The molecule has 0 saturated carbocycles. The Kier molecular flexibility index (Phi) is 17.5. The van der Waals surface area contributed by atoms with Gasteiger partial charge in [0, 0.05) is 18.8 Å². The Bertz CT molecular complexity index is 366. The Hall–Kier alpha value is -0.730. The van der Waals surface area contributed by atoms with Crippen molar-refractivity contribution in [3.05, 3.63) is 0 Å². The first-order valence-electron chi connectivity index (χ1n) is 7.63. The van der Waals surface area contributed by atoms with Gasteiger partial charge in [-0.2, -0.15) is 27.0 Å². The Balaban J connectivity index is -0.00000200. The molecular formula is C15H33N3O3S2. The normalized spacial score (nSPS) is 12.6. The molecule has 0 aromatic rings. The van der Waals surface area contributed by atoms with Gasteiger partial charge in [0.05, 0.1) is 6.04 Å². The molecule has 0 aliphatic heterocycles. The maximum atomic E-state index is 12.3. The third-order valence-electron chi connectivity index (χ3n) is 3.26. The van der Waals surface area contributed by atoms with Gasteiger partial charge in [0.2, 0.25) is 11.8 Å². The molecule has 0 fully saturated rings. The molecule has 6 nitrogen and oxygen atoms in total. The van der Waals surface area contributed by atoms with Gasteiger partial charge in [-0.05, 0) is 31.7 Å². The highest BCUT2D eigenvalue weighted by Gasteiger charge is 2.26. The van der Waals surface area contributed by atoms with Crippen molar-refractivity contribution < 1.29 is 14.4 Å². The van der Waals surface area contributed by atoms with Gasteiger partial charge in [-0.1, -0.05) is 20.8 Å². The lowest BCUT2D eigenvalue weighted by Crippen LogP contribution is -2.43. The fourth-order valence-electron chi connectivity index (χ4n) is 2.23. The van der Waals surface area contributed by atoms with E-state index in [0.29, 0.717) is 32.2 Å². The minimum atomic E-state index is -0.622. The summed E-state index contributed by atoms with van der Waals surface area (Å²) in [6.45, 7) is 6.14. The summed E-state index contributed by atoms with van der Waals surface area (Å²) in [5, 5.41) is 2.70. The summed E-state index contributed by atoms with van der Waals surface area (Å²) in [6, 6.07) is -0.622. The van der Waals surface area contributed by atoms with Crippen LogP contribution in [0.25, 0.3) is 0 Å². The van der Waals surface area contributed by atoms with E-state index in [1.165, 1.54) is 0 Å². The maximum absolute atomic E-state index is 12.3. The molecular weight excluding hydrogens is 334 g/mol. The van der Waals surface area contributed by atoms with Crippen molar-refractivity contribution in [3.63, 3.8) is 0 Å². The summed E-state index contributed by atoms with van der Waals surface area (Å²) < 4.78 is 0. The molecule has 8 heteroatoms. The molecule has 0 heterocycles. The summed E-state index contributed by atoms with van der Waals surface area (Å²) in [5.74, 6) is -1.01. The fraction of sp³-hybridized carbons (Fsp3) is 0.800. The smallest absolute Gasteiger partial charge is 0.220 e. The van der Waals surface area contributed by atoms with Crippen LogP contribution in [0.3, 0.4) is 0 Å². The molecule has 0 radical (unpaired) electrons. The minimum absolute atomic E-state index is 0. The van der Waals surface area contributed by atoms with E-state index in [4.69, 9.17) is 11.5 Å². The van der Waals surface area contributed by atoms with Crippen LogP contribution in [0.2, 0.25) is 0 Å². The number of hydrogen-bond acceptors (Lipinski definition) is 4. The summed E-state index contributed by atoms with van der Waals surface area (Å²) in [5.41, 5.74) is 10.8. The van der Waals surface area contributed by atoms with E-state index in [-0.39, 0.29) is 51.0 Å². The van der Waals surface area contributed by atoms with E-state index >= 15 is 0 Å². The molecule has 0 aromatic carbocycles. The first kappa shape index (κ1) is 27.1. The Morgan fingerprint density at radius 1 is 1.13 bits per heavy atom. The molecule has 138 valence electrons. The predicted molar refractivity (Wildman–Crippen MR) is 103 cm³/mol. The van der Waals surface area contributed by atoms with Crippen molar-refractivity contribution >= 4 is 44.6 Å². The number of nitrogens with two attached hydrogens (primary N) is 2. The summed E-state index contributed by atoms with van der Waals surface area (Å²) >= 11 is 0. The van der Waals surface area contributed by atoms with Crippen molar-refractivity contribution in [1.29, 1.82) is 0 Å². The van der Waals surface area contributed by atoms with Gasteiger partial charge in [0.1, 0.15) is 0 Å². The zero-order chi connectivity index (χ0) is 16.4. The predicted octanol–water partition coefficient (Wildman–Crippen LogP) is 0.952. The van der Waals surface area contributed by atoms with E-state index < -0.39 is 17.9 Å². The van der Waals surface area contributed by atoms with Gasteiger partial charge < -0.3 is 16.8 Å². The van der Waals surface area contributed by atoms with Crippen LogP contribution in [-0.4, -0.2) is 30.2 Å². The van der Waals surface area contributed by atoms with Crippen LogP contribution in [0.5, 0.6) is 0 Å². The Morgan fingerprint density at radius 3 is 2.09 bits per heavy atom. The first-order chi connectivity index (χ1) is 9.81. The van der Waals surface area contributed by atoms with Crippen LogP contribution in [0.1, 0.15) is 52.9 Å². The van der Waals surface area contributed by atoms with Crippen LogP contribution in [-0.2, 0) is 14.4 Å². The number of carbonyl (C=O) groups excluding carboxylic acids is 3. The number of nitrogens with one attached hydrogen (secondary N) is 1. The highest BCUT2D eigenvalue weighted by atomic mass is 32.1. The Labute approximate surface area is 153 Å². The number of primary amides is 1. The molecule has 5 N–H and O–H groups in total. The highest BCUT2D eigenvalue weighted by Crippen LogP contribution is 2.17. The number of ketones is 1. The monoisotopic (exact) mass is 367 g/mol. The maximum Gasteiger partial charge on any atom is 0.220 e. The number of hydrogen-bond donors (Lipinski definition) is 3. The van der Waals surface area contributed by atoms with Gasteiger partial charge in [-0.3, -0.25) is 14.4 Å². The first-order valence-corrected chi connectivity index (χ1v) is 7.63. The number of rotatable bonds is 11. The van der Waals surface area contributed by atoms with Gasteiger partial charge in [0.25, 0.3) is 0 Å². The molecule has 0 bridgehead atoms.